The number of nitrogens with one attached hydrogen (secondary N) is 3. The Kier molecular flexibility index (Phi) is 8.06. The van der Waals surface area contributed by atoms with Crippen molar-refractivity contribution in [2.24, 2.45) is 7.05 Å². The monoisotopic (exact) mass is 570 g/mol. The minimum Gasteiger partial charge on any atom is -0.493 e. The molecule has 3 aromatic carbocycles. The number of aryl methyl sites for hydroxylation is 2. The van der Waals surface area contributed by atoms with Gasteiger partial charge >= 0.3 is 0 Å². The summed E-state index contributed by atoms with van der Waals surface area (Å²) < 4.78 is 19.0. The molecule has 0 saturated heterocycles. The third kappa shape index (κ3) is 5.47. The van der Waals surface area contributed by atoms with Gasteiger partial charge in [0.15, 0.2) is 11.5 Å². The highest BCUT2D eigenvalue weighted by atomic mass is 16.5. The van der Waals surface area contributed by atoms with Crippen LogP contribution in [0.3, 0.4) is 0 Å². The molecule has 3 N–H and O–H groups in total. The van der Waals surface area contributed by atoms with Gasteiger partial charge in [0.2, 0.25) is 23.0 Å². The van der Waals surface area contributed by atoms with Crippen molar-refractivity contribution in [3.05, 3.63) is 76.1 Å². The van der Waals surface area contributed by atoms with Gasteiger partial charge in [-0.25, -0.2) is 0 Å². The van der Waals surface area contributed by atoms with E-state index in [0.717, 1.165) is 22.0 Å². The predicted molar refractivity (Wildman–Crippen MR) is 163 cm³/mol. The highest BCUT2D eigenvalue weighted by Gasteiger charge is 2.29. The Morgan fingerprint density at radius 1 is 0.976 bits per heavy atom. The van der Waals surface area contributed by atoms with E-state index in [9.17, 15) is 14.4 Å². The molecule has 10 heteroatoms. The van der Waals surface area contributed by atoms with E-state index < -0.39 is 6.04 Å². The van der Waals surface area contributed by atoms with Gasteiger partial charge in [-0.1, -0.05) is 12.1 Å². The van der Waals surface area contributed by atoms with Crippen LogP contribution in [0.5, 0.6) is 17.2 Å². The summed E-state index contributed by atoms with van der Waals surface area (Å²) in [7, 11) is 6.60. The van der Waals surface area contributed by atoms with E-state index in [2.05, 4.69) is 16.0 Å². The van der Waals surface area contributed by atoms with Gasteiger partial charge in [-0.3, -0.25) is 14.4 Å². The van der Waals surface area contributed by atoms with Crippen molar-refractivity contribution < 1.29 is 23.8 Å². The Balaban J connectivity index is 1.51. The first-order valence-corrected chi connectivity index (χ1v) is 13.6. The summed E-state index contributed by atoms with van der Waals surface area (Å²) in [6, 6.07) is 14.2. The van der Waals surface area contributed by atoms with E-state index in [4.69, 9.17) is 14.2 Å². The van der Waals surface area contributed by atoms with Crippen molar-refractivity contribution in [2.75, 3.05) is 38.5 Å². The summed E-state index contributed by atoms with van der Waals surface area (Å²) in [5.41, 5.74) is 4.64. The first-order chi connectivity index (χ1) is 20.2. The number of rotatable bonds is 8. The lowest BCUT2D eigenvalue weighted by Gasteiger charge is -2.19. The minimum absolute atomic E-state index is 0.116. The molecule has 5 rings (SSSR count). The van der Waals surface area contributed by atoms with E-state index in [1.165, 1.54) is 20.1 Å². The maximum atomic E-state index is 13.5. The highest BCUT2D eigenvalue weighted by molar-refractivity contribution is 5.96. The van der Waals surface area contributed by atoms with Crippen molar-refractivity contribution in [2.45, 2.75) is 25.8 Å². The molecule has 2 amide bonds. The summed E-state index contributed by atoms with van der Waals surface area (Å²) in [5, 5.41) is 9.95. The fourth-order valence-electron chi connectivity index (χ4n) is 5.57. The number of anilines is 2. The molecule has 0 spiro atoms. The van der Waals surface area contributed by atoms with Crippen LogP contribution in [0, 0.1) is 0 Å². The zero-order valence-corrected chi connectivity index (χ0v) is 24.3. The molecule has 1 heterocycles. The van der Waals surface area contributed by atoms with Gasteiger partial charge in [0.25, 0.3) is 0 Å². The number of hydrogen-bond donors (Lipinski definition) is 3. The molecule has 0 bridgehead atoms. The van der Waals surface area contributed by atoms with Crippen molar-refractivity contribution in [1.29, 1.82) is 0 Å². The highest BCUT2D eigenvalue weighted by Crippen LogP contribution is 2.50. The molecule has 1 aliphatic carbocycles. The quantitative estimate of drug-likeness (QED) is 0.287. The normalized spacial score (nSPS) is 13.8. The second-order valence-corrected chi connectivity index (χ2v) is 10.2. The van der Waals surface area contributed by atoms with Crippen LogP contribution < -0.4 is 35.6 Å². The third-order valence-electron chi connectivity index (χ3n) is 7.53. The molecule has 1 aromatic heterocycles. The topological polar surface area (TPSA) is 120 Å². The number of hydrogen-bond acceptors (Lipinski definition) is 7. The molecular formula is C32H34N4O6. The lowest BCUT2D eigenvalue weighted by molar-refractivity contribution is -0.119. The molecule has 218 valence electrons. The van der Waals surface area contributed by atoms with Crippen LogP contribution in [0.4, 0.5) is 11.4 Å². The number of nitrogens with zero attached hydrogens (tertiary/aromatic N) is 1. The van der Waals surface area contributed by atoms with Gasteiger partial charge < -0.3 is 34.7 Å². The molecule has 10 nitrogen and oxygen atoms in total. The Morgan fingerprint density at radius 2 is 1.76 bits per heavy atom. The molecule has 0 radical (unpaired) electrons. The third-order valence-corrected chi connectivity index (χ3v) is 7.53. The predicted octanol–water partition coefficient (Wildman–Crippen LogP) is 4.41. The second-order valence-electron chi connectivity index (χ2n) is 10.2. The van der Waals surface area contributed by atoms with Crippen LogP contribution in [0.15, 0.2) is 59.5 Å². The average molecular weight is 571 g/mol. The van der Waals surface area contributed by atoms with Gasteiger partial charge in [0.05, 0.1) is 39.6 Å². The van der Waals surface area contributed by atoms with E-state index >= 15 is 0 Å². The van der Waals surface area contributed by atoms with Gasteiger partial charge in [0.1, 0.15) is 0 Å². The standard InChI is InChI=1S/C32H34N4O6/c1-18(37)34-24-10-7-20-14-28(40-3)31(41-4)32(42-5)30(20)22-9-11-25(27(38)16-23(22)24)33-17-29(39)35-21-8-6-19-12-13-36(2)26(19)15-21/h6,8-9,11-16,24H,7,10,17H2,1-5H3,(H,33,38)(H,34,37)(H,35,39). The summed E-state index contributed by atoms with van der Waals surface area (Å²) >= 11 is 0. The van der Waals surface area contributed by atoms with Crippen LogP contribution >= 0.6 is 0 Å². The van der Waals surface area contributed by atoms with Crippen molar-refractivity contribution in [1.82, 2.24) is 9.88 Å². The number of amides is 2. The number of methoxy groups -OCH3 is 3. The molecule has 0 aliphatic heterocycles. The largest absolute Gasteiger partial charge is 0.493 e. The van der Waals surface area contributed by atoms with Gasteiger partial charge in [-0.2, -0.15) is 0 Å². The maximum absolute atomic E-state index is 13.5. The number of carbonyl (C=O) groups excluding carboxylic acids is 2. The molecular weight excluding hydrogens is 536 g/mol. The van der Waals surface area contributed by atoms with Crippen LogP contribution in [0.25, 0.3) is 22.0 Å². The summed E-state index contributed by atoms with van der Waals surface area (Å²) in [6.45, 7) is 1.34. The Labute approximate surface area is 243 Å². The smallest absolute Gasteiger partial charge is 0.243 e. The number of aromatic nitrogens is 1. The summed E-state index contributed by atoms with van der Waals surface area (Å²) in [5.74, 6) is 0.925. The molecule has 0 fully saturated rings. The van der Waals surface area contributed by atoms with Crippen molar-refractivity contribution >= 4 is 34.1 Å². The van der Waals surface area contributed by atoms with E-state index in [-0.39, 0.29) is 29.5 Å². The van der Waals surface area contributed by atoms with Crippen molar-refractivity contribution in [3.8, 4) is 28.4 Å². The van der Waals surface area contributed by atoms with Crippen LogP contribution in [0.2, 0.25) is 0 Å². The van der Waals surface area contributed by atoms with Gasteiger partial charge in [0, 0.05) is 36.9 Å². The zero-order chi connectivity index (χ0) is 30.0. The molecule has 42 heavy (non-hydrogen) atoms. The van der Waals surface area contributed by atoms with Crippen LogP contribution in [-0.2, 0) is 23.1 Å². The first-order valence-electron chi connectivity index (χ1n) is 13.6. The molecule has 1 aliphatic rings. The van der Waals surface area contributed by atoms with Crippen LogP contribution in [-0.4, -0.2) is 44.3 Å². The fraction of sp³-hybridized carbons (Fsp3) is 0.281. The second kappa shape index (κ2) is 11.9. The van der Waals surface area contributed by atoms with E-state index in [0.29, 0.717) is 46.9 Å². The van der Waals surface area contributed by atoms with Gasteiger partial charge in [-0.15, -0.1) is 0 Å². The Bertz CT molecular complexity index is 1750. The first kappa shape index (κ1) is 28.5. The zero-order valence-electron chi connectivity index (χ0n) is 24.3. The number of benzene rings is 2. The molecule has 4 aromatic rings. The summed E-state index contributed by atoms with van der Waals surface area (Å²) in [4.78, 5) is 38.4. The molecule has 1 unspecified atom stereocenters. The fourth-order valence-corrected chi connectivity index (χ4v) is 5.57. The number of ether oxygens (including phenoxy) is 3. The molecule has 1 atom stereocenters. The lowest BCUT2D eigenvalue weighted by Crippen LogP contribution is -2.27. The number of carbonyl (C=O) groups is 2. The lowest BCUT2D eigenvalue weighted by atomic mass is 9.95. The number of fused-ring (bicyclic) bond motifs is 4. The van der Waals surface area contributed by atoms with Crippen molar-refractivity contribution in [3.63, 3.8) is 0 Å². The Morgan fingerprint density at radius 3 is 2.48 bits per heavy atom. The SMILES string of the molecule is COc1cc2c(c(OC)c1OC)-c1ccc(NCC(=O)Nc3ccc4ccn(C)c4c3)c(=O)cc1C(NC(C)=O)CC2. The van der Waals surface area contributed by atoms with E-state index in [1.807, 2.05) is 54.2 Å². The average Bonchev–Trinajstić information content (AvgIpc) is 3.17. The van der Waals surface area contributed by atoms with Crippen LogP contribution in [0.1, 0.15) is 30.5 Å². The Hall–Kier alpha value is -4.99. The van der Waals surface area contributed by atoms with E-state index in [1.54, 1.807) is 20.3 Å². The molecule has 0 saturated carbocycles. The van der Waals surface area contributed by atoms with Gasteiger partial charge in [-0.05, 0) is 71.3 Å². The summed E-state index contributed by atoms with van der Waals surface area (Å²) in [6.07, 6.45) is 3.11. The minimum atomic E-state index is -0.421. The maximum Gasteiger partial charge on any atom is 0.243 e.